The van der Waals surface area contributed by atoms with E-state index in [9.17, 15) is 9.50 Å². The molecule has 4 heteroatoms. The van der Waals surface area contributed by atoms with E-state index in [0.29, 0.717) is 11.4 Å². The zero-order valence-electron chi connectivity index (χ0n) is 10.1. The van der Waals surface area contributed by atoms with Crippen LogP contribution in [0.3, 0.4) is 0 Å². The predicted molar refractivity (Wildman–Crippen MR) is 76.4 cm³/mol. The van der Waals surface area contributed by atoms with Crippen LogP contribution in [0.4, 0.5) is 4.39 Å². The van der Waals surface area contributed by atoms with Gasteiger partial charge in [-0.3, -0.25) is 0 Å². The lowest BCUT2D eigenvalue weighted by Crippen LogP contribution is -2.08. The Bertz CT molecular complexity index is 572. The molecule has 1 unspecified atom stereocenters. The van der Waals surface area contributed by atoms with Crippen molar-refractivity contribution in [2.75, 3.05) is 6.61 Å². The Balaban J connectivity index is 2.21. The number of aliphatic hydroxyl groups is 1. The maximum atomic E-state index is 13.1. The highest BCUT2D eigenvalue weighted by Crippen LogP contribution is 2.25. The smallest absolute Gasteiger partial charge is 0.141 e. The Labute approximate surface area is 121 Å². The third kappa shape index (κ3) is 3.69. The molecule has 0 radical (unpaired) electrons. The second-order valence-corrected chi connectivity index (χ2v) is 5.23. The first kappa shape index (κ1) is 14.3. The molecule has 1 nitrogen and oxygen atoms in total. The molecule has 2 aromatic carbocycles. The summed E-state index contributed by atoms with van der Waals surface area (Å²) >= 11 is 11.7. The summed E-state index contributed by atoms with van der Waals surface area (Å²) in [6, 6.07) is 12.0. The van der Waals surface area contributed by atoms with Crippen molar-refractivity contribution in [3.8, 4) is 0 Å². The van der Waals surface area contributed by atoms with Crippen LogP contribution in [0, 0.1) is 5.82 Å². The Morgan fingerprint density at radius 1 is 1.11 bits per heavy atom. The lowest BCUT2D eigenvalue weighted by molar-refractivity contribution is 0.264. The summed E-state index contributed by atoms with van der Waals surface area (Å²) < 4.78 is 13.1. The first-order chi connectivity index (χ1) is 9.10. The molecule has 0 fully saturated rings. The molecule has 100 valence electrons. The van der Waals surface area contributed by atoms with Crippen molar-refractivity contribution < 1.29 is 9.50 Å². The summed E-state index contributed by atoms with van der Waals surface area (Å²) in [6.45, 7) is -0.00463. The molecule has 1 atom stereocenters. The maximum Gasteiger partial charge on any atom is 0.141 e. The molecule has 2 rings (SSSR count). The largest absolute Gasteiger partial charge is 0.396 e. The molecule has 2 aromatic rings. The second kappa shape index (κ2) is 6.38. The van der Waals surface area contributed by atoms with Crippen molar-refractivity contribution >= 4 is 23.2 Å². The molecule has 0 saturated carbocycles. The van der Waals surface area contributed by atoms with Gasteiger partial charge in [0.15, 0.2) is 0 Å². The Morgan fingerprint density at radius 3 is 2.53 bits per heavy atom. The highest BCUT2D eigenvalue weighted by atomic mass is 35.5. The SMILES string of the molecule is OCC(Cc1ccc(F)c(Cl)c1)c1cccc(Cl)c1. The fourth-order valence-electron chi connectivity index (χ4n) is 2.00. The molecular weight excluding hydrogens is 286 g/mol. The summed E-state index contributed by atoms with van der Waals surface area (Å²) in [5.74, 6) is -0.519. The molecule has 0 bridgehead atoms. The second-order valence-electron chi connectivity index (χ2n) is 4.39. The molecule has 0 heterocycles. The molecule has 0 aliphatic rings. The summed E-state index contributed by atoms with van der Waals surface area (Å²) in [4.78, 5) is 0. The van der Waals surface area contributed by atoms with Gasteiger partial charge < -0.3 is 5.11 Å². The topological polar surface area (TPSA) is 20.2 Å². The number of aliphatic hydroxyl groups excluding tert-OH is 1. The van der Waals surface area contributed by atoms with Crippen LogP contribution in [0.2, 0.25) is 10.0 Å². The van der Waals surface area contributed by atoms with E-state index in [0.717, 1.165) is 11.1 Å². The first-order valence-electron chi connectivity index (χ1n) is 5.90. The molecule has 0 saturated heterocycles. The van der Waals surface area contributed by atoms with E-state index < -0.39 is 5.82 Å². The van der Waals surface area contributed by atoms with E-state index in [1.807, 2.05) is 18.2 Å². The van der Waals surface area contributed by atoms with Gasteiger partial charge in [-0.25, -0.2) is 4.39 Å². The monoisotopic (exact) mass is 298 g/mol. The quantitative estimate of drug-likeness (QED) is 0.884. The average Bonchev–Trinajstić information content (AvgIpc) is 2.40. The molecule has 0 amide bonds. The van der Waals surface area contributed by atoms with Crippen LogP contribution in [-0.2, 0) is 6.42 Å². The minimum absolute atomic E-state index is 0.00463. The van der Waals surface area contributed by atoms with Crippen molar-refractivity contribution in [3.05, 3.63) is 69.5 Å². The van der Waals surface area contributed by atoms with Crippen molar-refractivity contribution in [2.24, 2.45) is 0 Å². The third-order valence-corrected chi connectivity index (χ3v) is 3.53. The lowest BCUT2D eigenvalue weighted by atomic mass is 9.93. The minimum atomic E-state index is -0.436. The molecule has 0 aliphatic carbocycles. The van der Waals surface area contributed by atoms with E-state index in [1.54, 1.807) is 18.2 Å². The Morgan fingerprint density at radius 2 is 1.89 bits per heavy atom. The molecule has 0 aromatic heterocycles. The molecular formula is C15H13Cl2FO. The van der Waals surface area contributed by atoms with Gasteiger partial charge in [-0.05, 0) is 41.8 Å². The predicted octanol–water partition coefficient (Wildman–Crippen LogP) is 4.45. The van der Waals surface area contributed by atoms with Crippen molar-refractivity contribution in [3.63, 3.8) is 0 Å². The lowest BCUT2D eigenvalue weighted by Gasteiger charge is -2.15. The van der Waals surface area contributed by atoms with Crippen molar-refractivity contribution in [1.82, 2.24) is 0 Å². The highest BCUT2D eigenvalue weighted by molar-refractivity contribution is 6.31. The molecule has 1 N–H and O–H groups in total. The fourth-order valence-corrected chi connectivity index (χ4v) is 2.40. The van der Waals surface area contributed by atoms with E-state index in [4.69, 9.17) is 23.2 Å². The molecule has 0 spiro atoms. The summed E-state index contributed by atoms with van der Waals surface area (Å²) in [7, 11) is 0. The number of benzene rings is 2. The zero-order valence-corrected chi connectivity index (χ0v) is 11.6. The van der Waals surface area contributed by atoms with Crippen LogP contribution in [0.15, 0.2) is 42.5 Å². The van der Waals surface area contributed by atoms with Crippen molar-refractivity contribution in [1.29, 1.82) is 0 Å². The summed E-state index contributed by atoms with van der Waals surface area (Å²) in [6.07, 6.45) is 0.580. The summed E-state index contributed by atoms with van der Waals surface area (Å²) in [5.41, 5.74) is 1.83. The van der Waals surface area contributed by atoms with Gasteiger partial charge in [0.1, 0.15) is 5.82 Å². The van der Waals surface area contributed by atoms with Crippen molar-refractivity contribution in [2.45, 2.75) is 12.3 Å². The summed E-state index contributed by atoms with van der Waals surface area (Å²) in [5, 5.41) is 10.2. The minimum Gasteiger partial charge on any atom is -0.396 e. The van der Waals surface area contributed by atoms with Crippen LogP contribution in [-0.4, -0.2) is 11.7 Å². The van der Waals surface area contributed by atoms with Gasteiger partial charge in [-0.15, -0.1) is 0 Å². The van der Waals surface area contributed by atoms with Gasteiger partial charge in [0, 0.05) is 10.9 Å². The first-order valence-corrected chi connectivity index (χ1v) is 6.66. The third-order valence-electron chi connectivity index (χ3n) is 3.01. The van der Waals surface area contributed by atoms with E-state index in [-0.39, 0.29) is 17.5 Å². The molecule has 0 aliphatic heterocycles. The van der Waals surface area contributed by atoms with Crippen LogP contribution in [0.25, 0.3) is 0 Å². The van der Waals surface area contributed by atoms with Crippen LogP contribution in [0.5, 0.6) is 0 Å². The molecule has 19 heavy (non-hydrogen) atoms. The number of hydrogen-bond acceptors (Lipinski definition) is 1. The average molecular weight is 299 g/mol. The van der Waals surface area contributed by atoms with Crippen LogP contribution >= 0.6 is 23.2 Å². The van der Waals surface area contributed by atoms with Crippen LogP contribution < -0.4 is 0 Å². The standard InChI is InChI=1S/C15H13Cl2FO/c16-13-3-1-2-11(8-13)12(9-19)6-10-4-5-15(18)14(17)7-10/h1-5,7-8,12,19H,6,9H2. The zero-order chi connectivity index (χ0) is 13.8. The van der Waals surface area contributed by atoms with Gasteiger partial charge >= 0.3 is 0 Å². The van der Waals surface area contributed by atoms with E-state index >= 15 is 0 Å². The van der Waals surface area contributed by atoms with Gasteiger partial charge in [-0.2, -0.15) is 0 Å². The van der Waals surface area contributed by atoms with E-state index in [1.165, 1.54) is 6.07 Å². The number of halogens is 3. The Kier molecular flexibility index (Phi) is 4.81. The van der Waals surface area contributed by atoms with Gasteiger partial charge in [0.25, 0.3) is 0 Å². The van der Waals surface area contributed by atoms with Gasteiger partial charge in [0.2, 0.25) is 0 Å². The normalized spacial score (nSPS) is 12.4. The van der Waals surface area contributed by atoms with E-state index in [2.05, 4.69) is 0 Å². The highest BCUT2D eigenvalue weighted by Gasteiger charge is 2.13. The van der Waals surface area contributed by atoms with Gasteiger partial charge in [0.05, 0.1) is 11.6 Å². The van der Waals surface area contributed by atoms with Crippen LogP contribution in [0.1, 0.15) is 17.0 Å². The van der Waals surface area contributed by atoms with Gasteiger partial charge in [-0.1, -0.05) is 41.4 Å². The number of hydrogen-bond donors (Lipinski definition) is 1. The fraction of sp³-hybridized carbons (Fsp3) is 0.200. The maximum absolute atomic E-state index is 13.1. The Hall–Kier alpha value is -1.09. The number of rotatable bonds is 4.